The fraction of sp³-hybridized carbons (Fsp3) is 0.163. The molecule has 0 saturated carbocycles. The van der Waals surface area contributed by atoms with Gasteiger partial charge in [-0.05, 0) is 82.8 Å². The molecule has 48 heavy (non-hydrogen) atoms. The molecule has 9 rings (SSSR count). The van der Waals surface area contributed by atoms with Gasteiger partial charge in [0.15, 0.2) is 0 Å². The quantitative estimate of drug-likeness (QED) is 0.191. The molecule has 5 aromatic carbocycles. The second kappa shape index (κ2) is 11.0. The number of fused-ring (bicyclic) bond motifs is 6. The fourth-order valence-electron chi connectivity index (χ4n) is 7.41. The number of hydrogen-bond donors (Lipinski definition) is 0. The first-order chi connectivity index (χ1) is 23.4. The number of para-hydroxylation sites is 1. The number of anilines is 3. The van der Waals surface area contributed by atoms with Crippen LogP contribution in [0.3, 0.4) is 0 Å². The molecule has 2 aliphatic rings. The SMILES string of the molecule is CC(C)(C)c1ccc(N(c2cccc(C3=N[C@H]4c5ccccc5C[C@H]4O3)c2)c2ccc3c4ccccc4n(-c4ccccn4)c3c2)cc1. The Balaban J connectivity index is 1.20. The number of benzene rings is 5. The number of pyridine rings is 1. The van der Waals surface area contributed by atoms with Gasteiger partial charge in [-0.15, -0.1) is 0 Å². The van der Waals surface area contributed by atoms with E-state index in [1.165, 1.54) is 27.5 Å². The molecule has 0 unspecified atom stereocenters. The van der Waals surface area contributed by atoms with Gasteiger partial charge in [0.2, 0.25) is 5.90 Å². The Morgan fingerprint density at radius 1 is 0.688 bits per heavy atom. The highest BCUT2D eigenvalue weighted by molar-refractivity contribution is 6.10. The molecular formula is C43H36N4O. The third-order valence-electron chi connectivity index (χ3n) is 9.80. The van der Waals surface area contributed by atoms with Crippen LogP contribution in [0.2, 0.25) is 0 Å². The predicted molar refractivity (Wildman–Crippen MR) is 196 cm³/mol. The van der Waals surface area contributed by atoms with Gasteiger partial charge in [-0.25, -0.2) is 9.98 Å². The third-order valence-corrected chi connectivity index (χ3v) is 9.80. The van der Waals surface area contributed by atoms with E-state index in [0.717, 1.165) is 51.8 Å². The zero-order valence-corrected chi connectivity index (χ0v) is 27.3. The molecule has 0 amide bonds. The lowest BCUT2D eigenvalue weighted by Crippen LogP contribution is -2.15. The fourth-order valence-corrected chi connectivity index (χ4v) is 7.41. The number of hydrogen-bond acceptors (Lipinski definition) is 4. The summed E-state index contributed by atoms with van der Waals surface area (Å²) in [7, 11) is 0. The third kappa shape index (κ3) is 4.69. The largest absolute Gasteiger partial charge is 0.471 e. The van der Waals surface area contributed by atoms with Gasteiger partial charge in [0.25, 0.3) is 0 Å². The van der Waals surface area contributed by atoms with Crippen LogP contribution in [0.4, 0.5) is 17.1 Å². The molecule has 3 heterocycles. The molecule has 0 radical (unpaired) electrons. The number of nitrogens with zero attached hydrogens (tertiary/aromatic N) is 4. The minimum atomic E-state index is 0.0526. The van der Waals surface area contributed by atoms with E-state index in [-0.39, 0.29) is 17.6 Å². The van der Waals surface area contributed by atoms with Gasteiger partial charge in [-0.3, -0.25) is 4.57 Å². The highest BCUT2D eigenvalue weighted by Crippen LogP contribution is 2.43. The van der Waals surface area contributed by atoms with Crippen LogP contribution in [0.1, 0.15) is 49.1 Å². The van der Waals surface area contributed by atoms with Gasteiger partial charge in [0.05, 0.1) is 11.0 Å². The molecule has 2 aromatic heterocycles. The topological polar surface area (TPSA) is 42.6 Å². The van der Waals surface area contributed by atoms with Gasteiger partial charge < -0.3 is 9.64 Å². The molecule has 0 fully saturated rings. The summed E-state index contributed by atoms with van der Waals surface area (Å²) in [5.41, 5.74) is 10.4. The summed E-state index contributed by atoms with van der Waals surface area (Å²) in [5, 5.41) is 2.40. The second-order valence-electron chi connectivity index (χ2n) is 13.9. The number of ether oxygens (including phenoxy) is 1. The molecule has 1 aliphatic heterocycles. The molecule has 5 nitrogen and oxygen atoms in total. The molecule has 2 atom stereocenters. The molecule has 0 bridgehead atoms. The minimum Gasteiger partial charge on any atom is -0.471 e. The average Bonchev–Trinajstić information content (AvgIpc) is 3.78. The van der Waals surface area contributed by atoms with E-state index in [1.54, 1.807) is 0 Å². The van der Waals surface area contributed by atoms with Crippen molar-refractivity contribution in [2.45, 2.75) is 44.8 Å². The van der Waals surface area contributed by atoms with Crippen molar-refractivity contribution in [3.05, 3.63) is 162 Å². The molecule has 0 spiro atoms. The Hall–Kier alpha value is -5.68. The first-order valence-electron chi connectivity index (χ1n) is 16.7. The first kappa shape index (κ1) is 28.5. The van der Waals surface area contributed by atoms with Crippen LogP contribution in [0.15, 0.2) is 145 Å². The lowest BCUT2D eigenvalue weighted by Gasteiger charge is -2.27. The minimum absolute atomic E-state index is 0.0526. The maximum Gasteiger partial charge on any atom is 0.217 e. The van der Waals surface area contributed by atoms with Crippen molar-refractivity contribution >= 4 is 44.8 Å². The summed E-state index contributed by atoms with van der Waals surface area (Å²) in [6.45, 7) is 6.76. The van der Waals surface area contributed by atoms with Gasteiger partial charge >= 0.3 is 0 Å². The van der Waals surface area contributed by atoms with Crippen molar-refractivity contribution in [3.63, 3.8) is 0 Å². The zero-order valence-electron chi connectivity index (χ0n) is 27.3. The van der Waals surface area contributed by atoms with Crippen molar-refractivity contribution in [1.29, 1.82) is 0 Å². The molecule has 0 saturated heterocycles. The lowest BCUT2D eigenvalue weighted by atomic mass is 9.87. The van der Waals surface area contributed by atoms with Gasteiger partial charge in [0.1, 0.15) is 18.0 Å². The molecular weight excluding hydrogens is 589 g/mol. The predicted octanol–water partition coefficient (Wildman–Crippen LogP) is 10.4. The lowest BCUT2D eigenvalue weighted by molar-refractivity contribution is 0.206. The monoisotopic (exact) mass is 624 g/mol. The second-order valence-corrected chi connectivity index (χ2v) is 13.9. The highest BCUT2D eigenvalue weighted by atomic mass is 16.5. The Morgan fingerprint density at radius 3 is 2.27 bits per heavy atom. The van der Waals surface area contributed by atoms with E-state index in [1.807, 2.05) is 18.3 Å². The maximum absolute atomic E-state index is 6.53. The zero-order chi connectivity index (χ0) is 32.4. The summed E-state index contributed by atoms with van der Waals surface area (Å²) in [6, 6.07) is 47.6. The van der Waals surface area contributed by atoms with E-state index in [4.69, 9.17) is 14.7 Å². The van der Waals surface area contributed by atoms with Crippen LogP contribution >= 0.6 is 0 Å². The molecule has 0 N–H and O–H groups in total. The Morgan fingerprint density at radius 2 is 1.44 bits per heavy atom. The van der Waals surface area contributed by atoms with Crippen molar-refractivity contribution in [2.24, 2.45) is 4.99 Å². The number of aliphatic imine (C=N–C) groups is 1. The van der Waals surface area contributed by atoms with E-state index >= 15 is 0 Å². The van der Waals surface area contributed by atoms with Gasteiger partial charge in [0, 0.05) is 46.0 Å². The summed E-state index contributed by atoms with van der Waals surface area (Å²) in [4.78, 5) is 12.2. The smallest absolute Gasteiger partial charge is 0.217 e. The summed E-state index contributed by atoms with van der Waals surface area (Å²) in [6.07, 6.45) is 2.80. The van der Waals surface area contributed by atoms with Crippen molar-refractivity contribution in [1.82, 2.24) is 9.55 Å². The summed E-state index contributed by atoms with van der Waals surface area (Å²) in [5.74, 6) is 1.61. The van der Waals surface area contributed by atoms with Crippen LogP contribution in [0.5, 0.6) is 0 Å². The summed E-state index contributed by atoms with van der Waals surface area (Å²) >= 11 is 0. The van der Waals surface area contributed by atoms with Crippen molar-refractivity contribution < 1.29 is 4.74 Å². The highest BCUT2D eigenvalue weighted by Gasteiger charge is 2.39. The van der Waals surface area contributed by atoms with Crippen LogP contribution in [0.25, 0.3) is 27.6 Å². The van der Waals surface area contributed by atoms with E-state index in [9.17, 15) is 0 Å². The van der Waals surface area contributed by atoms with E-state index in [0.29, 0.717) is 0 Å². The average molecular weight is 625 g/mol. The van der Waals surface area contributed by atoms with Crippen molar-refractivity contribution in [3.8, 4) is 5.82 Å². The maximum atomic E-state index is 6.53. The van der Waals surface area contributed by atoms with E-state index in [2.05, 4.69) is 152 Å². The van der Waals surface area contributed by atoms with Crippen LogP contribution in [-0.4, -0.2) is 21.6 Å². The first-order valence-corrected chi connectivity index (χ1v) is 16.7. The Labute approximate surface area is 280 Å². The van der Waals surface area contributed by atoms with Crippen LogP contribution in [-0.2, 0) is 16.6 Å². The Kier molecular flexibility index (Phi) is 6.51. The Bertz CT molecular complexity index is 2350. The summed E-state index contributed by atoms with van der Waals surface area (Å²) < 4.78 is 8.80. The van der Waals surface area contributed by atoms with Gasteiger partial charge in [-0.1, -0.05) is 93.6 Å². The van der Waals surface area contributed by atoms with Crippen LogP contribution < -0.4 is 4.90 Å². The van der Waals surface area contributed by atoms with Crippen molar-refractivity contribution in [2.75, 3.05) is 4.90 Å². The number of rotatable bonds is 5. The molecule has 234 valence electrons. The normalized spacial score (nSPS) is 16.9. The standard InChI is InChI=1S/C43H36N4O/c1-43(2,3)30-18-20-31(21-19-30)46(32-13-10-12-29(25-32)42-45-41-34-14-5-4-11-28(34)26-39(41)48-42)33-22-23-36-35-15-6-7-16-37(35)47(38(36)27-33)40-17-8-9-24-44-40/h4-25,27,39,41H,26H2,1-3H3/t39-,41+/m1/s1. The van der Waals surface area contributed by atoms with E-state index < -0.39 is 0 Å². The molecule has 7 aromatic rings. The van der Waals surface area contributed by atoms with Gasteiger partial charge in [-0.2, -0.15) is 0 Å². The van der Waals surface area contributed by atoms with Crippen LogP contribution in [0, 0.1) is 0 Å². The molecule has 5 heteroatoms. The molecule has 1 aliphatic carbocycles. The number of aromatic nitrogens is 2.